The molecule has 0 amide bonds. The van der Waals surface area contributed by atoms with E-state index in [-0.39, 0.29) is 12.2 Å². The number of H-pyrrole nitrogens is 1. The number of hydrogen-bond acceptors (Lipinski definition) is 6. The van der Waals surface area contributed by atoms with Gasteiger partial charge in [-0.1, -0.05) is 55.5 Å². The lowest BCUT2D eigenvalue weighted by atomic mass is 9.98. The molecule has 2 aromatic heterocycles. The second-order valence-electron chi connectivity index (χ2n) is 7.02. The molecular formula is C23H21N5O3. The van der Waals surface area contributed by atoms with Crippen molar-refractivity contribution in [2.45, 2.75) is 26.9 Å². The summed E-state index contributed by atoms with van der Waals surface area (Å²) in [6.07, 6.45) is 0.522. The Morgan fingerprint density at radius 3 is 2.48 bits per heavy atom. The van der Waals surface area contributed by atoms with Gasteiger partial charge >= 0.3 is 5.97 Å². The summed E-state index contributed by atoms with van der Waals surface area (Å²) in [6, 6.07) is 17.4. The number of nitrogens with zero attached hydrogens (tertiary/aromatic N) is 4. The van der Waals surface area contributed by atoms with E-state index in [0.29, 0.717) is 23.7 Å². The molecule has 8 nitrogen and oxygen atoms in total. The van der Waals surface area contributed by atoms with Crippen molar-refractivity contribution in [2.75, 3.05) is 0 Å². The van der Waals surface area contributed by atoms with Crippen molar-refractivity contribution in [3.05, 3.63) is 77.1 Å². The topological polar surface area (TPSA) is 114 Å². The highest BCUT2D eigenvalue weighted by Crippen LogP contribution is 2.30. The summed E-state index contributed by atoms with van der Waals surface area (Å²) in [4.78, 5) is 16.0. The number of ether oxygens (including phenoxy) is 1. The fourth-order valence-corrected chi connectivity index (χ4v) is 3.46. The Bertz CT molecular complexity index is 1200. The number of nitrogens with one attached hydrogen (secondary N) is 1. The molecule has 8 heteroatoms. The van der Waals surface area contributed by atoms with Crippen LogP contribution in [0.2, 0.25) is 0 Å². The third kappa shape index (κ3) is 4.28. The lowest BCUT2D eigenvalue weighted by molar-refractivity contribution is 0.0690. The third-order valence-corrected chi connectivity index (χ3v) is 4.92. The molecule has 0 saturated carbocycles. The Morgan fingerprint density at radius 1 is 1.10 bits per heavy atom. The molecule has 0 unspecified atom stereocenters. The maximum absolute atomic E-state index is 11.7. The highest BCUT2D eigenvalue weighted by atomic mass is 16.5. The van der Waals surface area contributed by atoms with Crippen molar-refractivity contribution < 1.29 is 14.6 Å². The molecular weight excluding hydrogens is 394 g/mol. The van der Waals surface area contributed by atoms with Gasteiger partial charge in [-0.15, -0.1) is 5.10 Å². The van der Waals surface area contributed by atoms with E-state index < -0.39 is 5.97 Å². The van der Waals surface area contributed by atoms with E-state index in [2.05, 4.69) is 25.6 Å². The van der Waals surface area contributed by atoms with E-state index in [1.165, 1.54) is 0 Å². The van der Waals surface area contributed by atoms with Crippen LogP contribution in [0.5, 0.6) is 5.75 Å². The Labute approximate surface area is 178 Å². The first-order chi connectivity index (χ1) is 15.1. The van der Waals surface area contributed by atoms with Crippen LogP contribution in [0.4, 0.5) is 0 Å². The molecule has 0 atom stereocenters. The summed E-state index contributed by atoms with van der Waals surface area (Å²) in [7, 11) is 0. The number of carboxylic acids is 1. The molecule has 2 aromatic carbocycles. The predicted molar refractivity (Wildman–Crippen MR) is 115 cm³/mol. The van der Waals surface area contributed by atoms with Crippen LogP contribution in [0, 0.1) is 6.92 Å². The third-order valence-electron chi connectivity index (χ3n) is 4.92. The van der Waals surface area contributed by atoms with E-state index in [1.807, 2.05) is 62.4 Å². The average Bonchev–Trinajstić information content (AvgIpc) is 3.32. The lowest BCUT2D eigenvalue weighted by Gasteiger charge is -2.13. The van der Waals surface area contributed by atoms with E-state index in [9.17, 15) is 9.90 Å². The molecule has 0 spiro atoms. The quantitative estimate of drug-likeness (QED) is 0.467. The van der Waals surface area contributed by atoms with Gasteiger partial charge in [-0.3, -0.25) is 4.98 Å². The van der Waals surface area contributed by atoms with Crippen molar-refractivity contribution >= 4 is 5.97 Å². The van der Waals surface area contributed by atoms with Crippen LogP contribution < -0.4 is 4.74 Å². The van der Waals surface area contributed by atoms with Crippen LogP contribution in [0.25, 0.3) is 22.5 Å². The fraction of sp³-hybridized carbons (Fsp3) is 0.174. The fourth-order valence-electron chi connectivity index (χ4n) is 3.46. The molecule has 0 bridgehead atoms. The zero-order valence-electron chi connectivity index (χ0n) is 17.2. The van der Waals surface area contributed by atoms with Gasteiger partial charge in [0.05, 0.1) is 5.69 Å². The van der Waals surface area contributed by atoms with Crippen LogP contribution >= 0.6 is 0 Å². The minimum Gasteiger partial charge on any atom is -0.488 e. The zero-order valence-corrected chi connectivity index (χ0v) is 17.2. The molecule has 0 fully saturated rings. The number of aromatic amines is 1. The van der Waals surface area contributed by atoms with Gasteiger partial charge < -0.3 is 9.84 Å². The molecule has 2 heterocycles. The van der Waals surface area contributed by atoms with Gasteiger partial charge in [0, 0.05) is 17.3 Å². The second-order valence-corrected chi connectivity index (χ2v) is 7.02. The Balaban J connectivity index is 1.57. The average molecular weight is 415 g/mol. The van der Waals surface area contributed by atoms with E-state index in [4.69, 9.17) is 4.74 Å². The normalized spacial score (nSPS) is 10.8. The van der Waals surface area contributed by atoms with Crippen LogP contribution in [0.3, 0.4) is 0 Å². The maximum Gasteiger partial charge on any atom is 0.341 e. The standard InChI is InChI=1S/C23H21N5O3/c1-3-19-21(23(29)30)20(12-14(2)24-19)31-13-15-8-10-16(11-9-15)17-6-4-5-7-18(17)22-25-27-28-26-22/h4-12H,3,13H2,1-2H3,(H,29,30)(H,25,26,27,28). The molecule has 0 saturated heterocycles. The highest BCUT2D eigenvalue weighted by molar-refractivity contribution is 5.92. The first-order valence-electron chi connectivity index (χ1n) is 9.86. The second kappa shape index (κ2) is 8.74. The molecule has 0 aliphatic heterocycles. The highest BCUT2D eigenvalue weighted by Gasteiger charge is 2.18. The molecule has 31 heavy (non-hydrogen) atoms. The summed E-state index contributed by atoms with van der Waals surface area (Å²) in [5.41, 5.74) is 5.21. The molecule has 156 valence electrons. The van der Waals surface area contributed by atoms with Crippen molar-refractivity contribution in [1.29, 1.82) is 0 Å². The van der Waals surface area contributed by atoms with Gasteiger partial charge in [-0.25, -0.2) is 9.89 Å². The number of carboxylic acid groups (broad SMARTS) is 1. The summed E-state index contributed by atoms with van der Waals surface area (Å²) in [6.45, 7) is 3.96. The Kier molecular flexibility index (Phi) is 5.70. The molecule has 4 rings (SSSR count). The first kappa shape index (κ1) is 20.2. The van der Waals surface area contributed by atoms with Crippen molar-refractivity contribution in [3.8, 4) is 28.3 Å². The Morgan fingerprint density at radius 2 is 1.84 bits per heavy atom. The van der Waals surface area contributed by atoms with E-state index in [0.717, 1.165) is 27.9 Å². The van der Waals surface area contributed by atoms with Crippen molar-refractivity contribution in [1.82, 2.24) is 25.6 Å². The van der Waals surface area contributed by atoms with Gasteiger partial charge in [0.2, 0.25) is 0 Å². The molecule has 0 radical (unpaired) electrons. The lowest BCUT2D eigenvalue weighted by Crippen LogP contribution is -2.09. The SMILES string of the molecule is CCc1nc(C)cc(OCc2ccc(-c3ccccc3-c3nnn[nH]3)cc2)c1C(=O)O. The summed E-state index contributed by atoms with van der Waals surface area (Å²) < 4.78 is 5.88. The maximum atomic E-state index is 11.7. The molecule has 2 N–H and O–H groups in total. The first-order valence-corrected chi connectivity index (χ1v) is 9.86. The van der Waals surface area contributed by atoms with Gasteiger partial charge in [0.1, 0.15) is 17.9 Å². The van der Waals surface area contributed by atoms with Crippen LogP contribution in [0.1, 0.15) is 34.2 Å². The molecule has 0 aliphatic carbocycles. The van der Waals surface area contributed by atoms with Gasteiger partial charge in [-0.05, 0) is 40.5 Å². The van der Waals surface area contributed by atoms with Crippen LogP contribution in [0.15, 0.2) is 54.6 Å². The summed E-state index contributed by atoms with van der Waals surface area (Å²) >= 11 is 0. The van der Waals surface area contributed by atoms with Crippen LogP contribution in [-0.2, 0) is 13.0 Å². The number of carbonyl (C=O) groups is 1. The van der Waals surface area contributed by atoms with Crippen molar-refractivity contribution in [3.63, 3.8) is 0 Å². The zero-order chi connectivity index (χ0) is 21.8. The minimum absolute atomic E-state index is 0.124. The predicted octanol–water partition coefficient (Wildman–Crippen LogP) is 4.08. The number of tetrazole rings is 1. The number of benzene rings is 2. The number of pyridine rings is 1. The minimum atomic E-state index is -1.03. The smallest absolute Gasteiger partial charge is 0.341 e. The van der Waals surface area contributed by atoms with Crippen molar-refractivity contribution in [2.24, 2.45) is 0 Å². The largest absolute Gasteiger partial charge is 0.488 e. The molecule has 4 aromatic rings. The summed E-state index contributed by atoms with van der Waals surface area (Å²) in [5.74, 6) is -0.0960. The monoisotopic (exact) mass is 415 g/mol. The van der Waals surface area contributed by atoms with E-state index in [1.54, 1.807) is 6.07 Å². The number of aromatic carboxylic acids is 1. The number of rotatable bonds is 7. The van der Waals surface area contributed by atoms with Gasteiger partial charge in [0.15, 0.2) is 5.82 Å². The Hall–Kier alpha value is -4.07. The van der Waals surface area contributed by atoms with Gasteiger partial charge in [-0.2, -0.15) is 0 Å². The molecule has 0 aliphatic rings. The number of hydrogen-bond donors (Lipinski definition) is 2. The van der Waals surface area contributed by atoms with Crippen LogP contribution in [-0.4, -0.2) is 36.7 Å². The summed E-state index contributed by atoms with van der Waals surface area (Å²) in [5, 5.41) is 23.7. The van der Waals surface area contributed by atoms with Gasteiger partial charge in [0.25, 0.3) is 0 Å². The number of aryl methyl sites for hydroxylation is 2. The number of aromatic nitrogens is 5. The van der Waals surface area contributed by atoms with E-state index >= 15 is 0 Å².